The predicted molar refractivity (Wildman–Crippen MR) is 90.7 cm³/mol. The summed E-state index contributed by atoms with van der Waals surface area (Å²) in [6, 6.07) is 6.60. The first-order valence-electron chi connectivity index (χ1n) is 7.66. The van der Waals surface area contributed by atoms with Crippen LogP contribution in [0.5, 0.6) is 0 Å². The van der Waals surface area contributed by atoms with Crippen molar-refractivity contribution in [3.63, 3.8) is 0 Å². The van der Waals surface area contributed by atoms with Crippen LogP contribution in [0.4, 0.5) is 18.9 Å². The van der Waals surface area contributed by atoms with Crippen LogP contribution in [-0.4, -0.2) is 20.9 Å². The summed E-state index contributed by atoms with van der Waals surface area (Å²) in [7, 11) is -3.68. The Balaban J connectivity index is 2.14. The van der Waals surface area contributed by atoms with Gasteiger partial charge in [-0.05, 0) is 42.3 Å². The lowest BCUT2D eigenvalue weighted by molar-refractivity contribution is 0.102. The molecular weight excluding hydrogens is 369 g/mol. The molecule has 2 aromatic carbocycles. The van der Waals surface area contributed by atoms with Gasteiger partial charge in [0.1, 0.15) is 0 Å². The monoisotopic (exact) mass is 386 g/mol. The average Bonchev–Trinajstić information content (AvgIpc) is 2.58. The Kier molecular flexibility index (Phi) is 6.04. The van der Waals surface area contributed by atoms with Gasteiger partial charge in [-0.15, -0.1) is 0 Å². The normalized spacial score (nSPS) is 11.6. The van der Waals surface area contributed by atoms with Gasteiger partial charge in [0.2, 0.25) is 10.0 Å². The molecule has 140 valence electrons. The van der Waals surface area contributed by atoms with Crippen molar-refractivity contribution in [3.8, 4) is 0 Å². The summed E-state index contributed by atoms with van der Waals surface area (Å²) < 4.78 is 66.3. The Morgan fingerprint density at radius 2 is 1.62 bits per heavy atom. The molecule has 0 radical (unpaired) electrons. The number of carbonyl (C=O) groups excluding carboxylic acids is 1. The highest BCUT2D eigenvalue weighted by molar-refractivity contribution is 7.89. The van der Waals surface area contributed by atoms with Crippen LogP contribution in [0.1, 0.15) is 24.2 Å². The maximum absolute atomic E-state index is 13.6. The molecule has 0 aliphatic carbocycles. The van der Waals surface area contributed by atoms with Gasteiger partial charge < -0.3 is 5.32 Å². The molecular formula is C17H17F3N2O3S. The molecule has 26 heavy (non-hydrogen) atoms. The van der Waals surface area contributed by atoms with Gasteiger partial charge in [0, 0.05) is 12.2 Å². The van der Waals surface area contributed by atoms with E-state index in [9.17, 15) is 26.4 Å². The smallest absolute Gasteiger partial charge is 0.258 e. The molecule has 0 saturated heterocycles. The number of benzene rings is 2. The van der Waals surface area contributed by atoms with Crippen LogP contribution in [0.3, 0.4) is 0 Å². The second kappa shape index (κ2) is 7.88. The fourth-order valence-electron chi connectivity index (χ4n) is 1.98. The van der Waals surface area contributed by atoms with Crippen LogP contribution in [0, 0.1) is 23.4 Å². The summed E-state index contributed by atoms with van der Waals surface area (Å²) in [6.07, 6.45) is 0. The molecule has 0 aliphatic rings. The molecule has 0 atom stereocenters. The zero-order valence-electron chi connectivity index (χ0n) is 14.0. The van der Waals surface area contributed by atoms with Gasteiger partial charge in [0.05, 0.1) is 10.5 Å². The molecule has 0 fully saturated rings. The molecule has 0 aromatic heterocycles. The lowest BCUT2D eigenvalue weighted by Gasteiger charge is -2.10. The Labute approximate surface area is 149 Å². The first-order valence-corrected chi connectivity index (χ1v) is 9.14. The SMILES string of the molecule is CC(C)CNS(=O)(=O)c1ccc(NC(=O)c2ccc(F)c(F)c2F)cc1. The summed E-state index contributed by atoms with van der Waals surface area (Å²) in [5.74, 6) is -5.60. The van der Waals surface area contributed by atoms with Crippen LogP contribution in [-0.2, 0) is 10.0 Å². The molecule has 2 aromatic rings. The summed E-state index contributed by atoms with van der Waals surface area (Å²) in [5, 5.41) is 2.29. The Hall–Kier alpha value is -2.39. The van der Waals surface area contributed by atoms with E-state index in [2.05, 4.69) is 10.0 Å². The number of sulfonamides is 1. The van der Waals surface area contributed by atoms with E-state index in [4.69, 9.17) is 0 Å². The van der Waals surface area contributed by atoms with Crippen molar-refractivity contribution < 1.29 is 26.4 Å². The average molecular weight is 386 g/mol. The van der Waals surface area contributed by atoms with E-state index >= 15 is 0 Å². The minimum absolute atomic E-state index is 0.00449. The van der Waals surface area contributed by atoms with Gasteiger partial charge in [-0.3, -0.25) is 4.79 Å². The predicted octanol–water partition coefficient (Wildman–Crippen LogP) is 3.29. The standard InChI is InChI=1S/C17H17F3N2O3S/c1-10(2)9-21-26(24,25)12-5-3-11(4-6-12)22-17(23)13-7-8-14(18)16(20)15(13)19/h3-8,10,21H,9H2,1-2H3,(H,22,23). The van der Waals surface area contributed by atoms with Crippen molar-refractivity contribution in [3.05, 3.63) is 59.4 Å². The number of amides is 1. The van der Waals surface area contributed by atoms with Crippen LogP contribution in [0.2, 0.25) is 0 Å². The quantitative estimate of drug-likeness (QED) is 0.748. The molecule has 5 nitrogen and oxygen atoms in total. The van der Waals surface area contributed by atoms with E-state index in [0.29, 0.717) is 6.07 Å². The van der Waals surface area contributed by atoms with E-state index in [0.717, 1.165) is 6.07 Å². The number of hydrogen-bond acceptors (Lipinski definition) is 3. The van der Waals surface area contributed by atoms with Crippen molar-refractivity contribution in [2.75, 3.05) is 11.9 Å². The minimum Gasteiger partial charge on any atom is -0.322 e. The third-order valence-electron chi connectivity index (χ3n) is 3.38. The van der Waals surface area contributed by atoms with E-state index in [1.54, 1.807) is 0 Å². The van der Waals surface area contributed by atoms with Crippen molar-refractivity contribution in [2.24, 2.45) is 5.92 Å². The number of rotatable bonds is 6. The lowest BCUT2D eigenvalue weighted by atomic mass is 10.1. The molecule has 0 spiro atoms. The fraction of sp³-hybridized carbons (Fsp3) is 0.235. The van der Waals surface area contributed by atoms with Gasteiger partial charge in [0.25, 0.3) is 5.91 Å². The van der Waals surface area contributed by atoms with Gasteiger partial charge >= 0.3 is 0 Å². The third-order valence-corrected chi connectivity index (χ3v) is 4.82. The summed E-state index contributed by atoms with van der Waals surface area (Å²) in [4.78, 5) is 12.0. The molecule has 2 rings (SSSR count). The number of hydrogen-bond donors (Lipinski definition) is 2. The van der Waals surface area contributed by atoms with Crippen LogP contribution < -0.4 is 10.0 Å². The number of halogens is 3. The van der Waals surface area contributed by atoms with E-state index < -0.39 is 38.9 Å². The molecule has 9 heteroatoms. The van der Waals surface area contributed by atoms with Crippen molar-refractivity contribution in [1.82, 2.24) is 4.72 Å². The summed E-state index contributed by atoms with van der Waals surface area (Å²) in [5.41, 5.74) is -0.499. The lowest BCUT2D eigenvalue weighted by Crippen LogP contribution is -2.27. The van der Waals surface area contributed by atoms with Gasteiger partial charge in [0.15, 0.2) is 17.5 Å². The topological polar surface area (TPSA) is 75.3 Å². The highest BCUT2D eigenvalue weighted by Gasteiger charge is 2.19. The van der Waals surface area contributed by atoms with E-state index in [-0.39, 0.29) is 23.0 Å². The van der Waals surface area contributed by atoms with Gasteiger partial charge in [-0.25, -0.2) is 26.3 Å². The molecule has 0 unspecified atom stereocenters. The molecule has 1 amide bonds. The van der Waals surface area contributed by atoms with Crippen molar-refractivity contribution in [2.45, 2.75) is 18.7 Å². The number of anilines is 1. The summed E-state index contributed by atoms with van der Waals surface area (Å²) >= 11 is 0. The Bertz CT molecular complexity index is 914. The zero-order valence-corrected chi connectivity index (χ0v) is 14.8. The highest BCUT2D eigenvalue weighted by atomic mass is 32.2. The molecule has 0 bridgehead atoms. The van der Waals surface area contributed by atoms with E-state index in [1.165, 1.54) is 24.3 Å². The second-order valence-electron chi connectivity index (χ2n) is 5.95. The maximum Gasteiger partial charge on any atom is 0.258 e. The number of carbonyl (C=O) groups is 1. The van der Waals surface area contributed by atoms with Crippen LogP contribution >= 0.6 is 0 Å². The Morgan fingerprint density at radius 1 is 1.00 bits per heavy atom. The Morgan fingerprint density at radius 3 is 2.19 bits per heavy atom. The van der Waals surface area contributed by atoms with Crippen LogP contribution in [0.25, 0.3) is 0 Å². The van der Waals surface area contributed by atoms with Gasteiger partial charge in [-0.1, -0.05) is 13.8 Å². The largest absolute Gasteiger partial charge is 0.322 e. The second-order valence-corrected chi connectivity index (χ2v) is 7.71. The summed E-state index contributed by atoms with van der Waals surface area (Å²) in [6.45, 7) is 3.99. The molecule has 0 aliphatic heterocycles. The van der Waals surface area contributed by atoms with Gasteiger partial charge in [-0.2, -0.15) is 0 Å². The minimum atomic E-state index is -3.68. The molecule has 2 N–H and O–H groups in total. The first-order chi connectivity index (χ1) is 12.1. The maximum atomic E-state index is 13.6. The van der Waals surface area contributed by atoms with Crippen molar-refractivity contribution >= 4 is 21.6 Å². The van der Waals surface area contributed by atoms with Crippen LogP contribution in [0.15, 0.2) is 41.3 Å². The highest BCUT2D eigenvalue weighted by Crippen LogP contribution is 2.18. The fourth-order valence-corrected chi connectivity index (χ4v) is 3.19. The third kappa shape index (κ3) is 4.61. The first kappa shape index (κ1) is 19.9. The van der Waals surface area contributed by atoms with E-state index in [1.807, 2.05) is 13.8 Å². The number of nitrogens with one attached hydrogen (secondary N) is 2. The zero-order chi connectivity index (χ0) is 19.5. The van der Waals surface area contributed by atoms with Crippen molar-refractivity contribution in [1.29, 1.82) is 0 Å². The molecule has 0 saturated carbocycles. The molecule has 0 heterocycles.